The minimum absolute atomic E-state index is 0.0387. The number of carbonyl (C=O) groups excluding carboxylic acids is 1. The molecule has 0 fully saturated rings. The third kappa shape index (κ3) is 3.14. The molecular weight excluding hydrogens is 214 g/mol. The summed E-state index contributed by atoms with van der Waals surface area (Å²) in [6, 6.07) is 11.0. The highest BCUT2D eigenvalue weighted by atomic mass is 16.5. The van der Waals surface area contributed by atoms with Crippen LogP contribution in [-0.4, -0.2) is 10.8 Å². The van der Waals surface area contributed by atoms with Crippen LogP contribution in [0.5, 0.6) is 5.75 Å². The number of ether oxygens (including phenoxy) is 1. The summed E-state index contributed by atoms with van der Waals surface area (Å²) in [7, 11) is 0. The zero-order valence-corrected chi connectivity index (χ0v) is 9.59. The first-order valence-electron chi connectivity index (χ1n) is 5.38. The number of hydrogen-bond acceptors (Lipinski definition) is 3. The number of nitrogens with zero attached hydrogens (tertiary/aromatic N) is 1. The largest absolute Gasteiger partial charge is 0.489 e. The molecule has 0 aliphatic carbocycles. The van der Waals surface area contributed by atoms with E-state index in [2.05, 4.69) is 4.98 Å². The van der Waals surface area contributed by atoms with E-state index in [1.807, 2.05) is 24.3 Å². The molecule has 1 aromatic heterocycles. The summed E-state index contributed by atoms with van der Waals surface area (Å²) in [6.07, 6.45) is 3.48. The molecule has 3 heteroatoms. The lowest BCUT2D eigenvalue weighted by atomic mass is 10.1. The summed E-state index contributed by atoms with van der Waals surface area (Å²) in [6.45, 7) is 2.00. The van der Waals surface area contributed by atoms with E-state index in [4.69, 9.17) is 4.74 Å². The summed E-state index contributed by atoms with van der Waals surface area (Å²) in [4.78, 5) is 15.2. The molecule has 2 rings (SSSR count). The number of Topliss-reactive ketones (excluding diaryl/α,β-unsaturated/α-hetero) is 1. The third-order valence-corrected chi connectivity index (χ3v) is 2.37. The second kappa shape index (κ2) is 5.25. The predicted octanol–water partition coefficient (Wildman–Crippen LogP) is 2.86. The van der Waals surface area contributed by atoms with Gasteiger partial charge in [-0.15, -0.1) is 0 Å². The SMILES string of the molecule is CC(=O)c1cccc(OCc2cccnc2)c1. The van der Waals surface area contributed by atoms with Gasteiger partial charge in [-0.25, -0.2) is 0 Å². The minimum Gasteiger partial charge on any atom is -0.489 e. The highest BCUT2D eigenvalue weighted by molar-refractivity contribution is 5.94. The first kappa shape index (κ1) is 11.3. The first-order valence-corrected chi connectivity index (χ1v) is 5.38. The monoisotopic (exact) mass is 227 g/mol. The zero-order chi connectivity index (χ0) is 12.1. The highest BCUT2D eigenvalue weighted by Crippen LogP contribution is 2.15. The molecule has 0 radical (unpaired) electrons. The molecule has 0 spiro atoms. The van der Waals surface area contributed by atoms with Crippen LogP contribution in [0.25, 0.3) is 0 Å². The van der Waals surface area contributed by atoms with Crippen LogP contribution in [0.2, 0.25) is 0 Å². The number of hydrogen-bond donors (Lipinski definition) is 0. The van der Waals surface area contributed by atoms with Gasteiger partial charge in [-0.1, -0.05) is 18.2 Å². The van der Waals surface area contributed by atoms with Gasteiger partial charge in [0.05, 0.1) is 0 Å². The van der Waals surface area contributed by atoms with Gasteiger partial charge in [0.1, 0.15) is 12.4 Å². The Labute approximate surface area is 100 Å². The van der Waals surface area contributed by atoms with Gasteiger partial charge in [-0.3, -0.25) is 9.78 Å². The van der Waals surface area contributed by atoms with Crippen molar-refractivity contribution in [3.63, 3.8) is 0 Å². The van der Waals surface area contributed by atoms with Gasteiger partial charge in [-0.05, 0) is 25.1 Å². The predicted molar refractivity (Wildman–Crippen MR) is 65.0 cm³/mol. The van der Waals surface area contributed by atoms with E-state index in [0.717, 1.165) is 5.56 Å². The number of carbonyl (C=O) groups is 1. The van der Waals surface area contributed by atoms with Crippen molar-refractivity contribution in [2.75, 3.05) is 0 Å². The average Bonchev–Trinajstić information content (AvgIpc) is 2.38. The van der Waals surface area contributed by atoms with Crippen LogP contribution in [0.1, 0.15) is 22.8 Å². The summed E-state index contributed by atoms with van der Waals surface area (Å²) in [5.74, 6) is 0.735. The number of pyridine rings is 1. The smallest absolute Gasteiger partial charge is 0.159 e. The molecule has 3 nitrogen and oxygen atoms in total. The summed E-state index contributed by atoms with van der Waals surface area (Å²) >= 11 is 0. The van der Waals surface area contributed by atoms with Crippen molar-refractivity contribution in [3.8, 4) is 5.75 Å². The maximum atomic E-state index is 11.2. The van der Waals surface area contributed by atoms with E-state index >= 15 is 0 Å². The van der Waals surface area contributed by atoms with Crippen molar-refractivity contribution in [3.05, 3.63) is 59.9 Å². The van der Waals surface area contributed by atoms with E-state index in [9.17, 15) is 4.79 Å². The normalized spacial score (nSPS) is 9.94. The molecule has 17 heavy (non-hydrogen) atoms. The fourth-order valence-electron chi connectivity index (χ4n) is 1.46. The maximum absolute atomic E-state index is 11.2. The average molecular weight is 227 g/mol. The summed E-state index contributed by atoms with van der Waals surface area (Å²) in [5, 5.41) is 0. The molecule has 1 heterocycles. The van der Waals surface area contributed by atoms with E-state index in [1.54, 1.807) is 31.5 Å². The Bertz CT molecular complexity index is 509. The van der Waals surface area contributed by atoms with Crippen molar-refractivity contribution >= 4 is 5.78 Å². The Balaban J connectivity index is 2.04. The number of rotatable bonds is 4. The lowest BCUT2D eigenvalue weighted by Gasteiger charge is -2.06. The van der Waals surface area contributed by atoms with Crippen LogP contribution in [0, 0.1) is 0 Å². The van der Waals surface area contributed by atoms with Crippen LogP contribution < -0.4 is 4.74 Å². The van der Waals surface area contributed by atoms with Crippen molar-refractivity contribution in [1.29, 1.82) is 0 Å². The van der Waals surface area contributed by atoms with Gasteiger partial charge in [0.2, 0.25) is 0 Å². The molecular formula is C14H13NO2. The van der Waals surface area contributed by atoms with Crippen molar-refractivity contribution in [2.45, 2.75) is 13.5 Å². The number of benzene rings is 1. The van der Waals surface area contributed by atoms with E-state index in [1.165, 1.54) is 0 Å². The molecule has 0 N–H and O–H groups in total. The maximum Gasteiger partial charge on any atom is 0.159 e. The Morgan fingerprint density at radius 3 is 2.88 bits per heavy atom. The topological polar surface area (TPSA) is 39.2 Å². The lowest BCUT2D eigenvalue weighted by Crippen LogP contribution is -1.97. The summed E-state index contributed by atoms with van der Waals surface area (Å²) in [5.41, 5.74) is 1.66. The van der Waals surface area contributed by atoms with Gasteiger partial charge in [0.25, 0.3) is 0 Å². The fraction of sp³-hybridized carbons (Fsp3) is 0.143. The van der Waals surface area contributed by atoms with Gasteiger partial charge in [0.15, 0.2) is 5.78 Å². The van der Waals surface area contributed by atoms with Crippen LogP contribution in [0.3, 0.4) is 0 Å². The van der Waals surface area contributed by atoms with Gasteiger partial charge in [-0.2, -0.15) is 0 Å². The number of aromatic nitrogens is 1. The van der Waals surface area contributed by atoms with Crippen LogP contribution in [-0.2, 0) is 6.61 Å². The Hall–Kier alpha value is -2.16. The molecule has 0 aliphatic heterocycles. The molecule has 0 amide bonds. The third-order valence-electron chi connectivity index (χ3n) is 2.37. The Morgan fingerprint density at radius 2 is 2.18 bits per heavy atom. The van der Waals surface area contributed by atoms with Crippen molar-refractivity contribution in [2.24, 2.45) is 0 Å². The van der Waals surface area contributed by atoms with E-state index in [0.29, 0.717) is 17.9 Å². The molecule has 0 unspecified atom stereocenters. The molecule has 2 aromatic rings. The molecule has 0 atom stereocenters. The summed E-state index contributed by atoms with van der Waals surface area (Å²) < 4.78 is 5.59. The molecule has 0 aliphatic rings. The van der Waals surface area contributed by atoms with Crippen molar-refractivity contribution in [1.82, 2.24) is 4.98 Å². The van der Waals surface area contributed by atoms with Crippen molar-refractivity contribution < 1.29 is 9.53 Å². The van der Waals surface area contributed by atoms with E-state index < -0.39 is 0 Å². The molecule has 1 aromatic carbocycles. The molecule has 0 bridgehead atoms. The van der Waals surface area contributed by atoms with E-state index in [-0.39, 0.29) is 5.78 Å². The van der Waals surface area contributed by atoms with Crippen LogP contribution in [0.15, 0.2) is 48.8 Å². The molecule has 86 valence electrons. The fourth-order valence-corrected chi connectivity index (χ4v) is 1.46. The van der Waals surface area contributed by atoms with Gasteiger partial charge < -0.3 is 4.74 Å². The van der Waals surface area contributed by atoms with Crippen LogP contribution >= 0.6 is 0 Å². The zero-order valence-electron chi connectivity index (χ0n) is 9.59. The number of ketones is 1. The van der Waals surface area contributed by atoms with Gasteiger partial charge >= 0.3 is 0 Å². The second-order valence-electron chi connectivity index (χ2n) is 3.73. The first-order chi connectivity index (χ1) is 8.25. The quantitative estimate of drug-likeness (QED) is 0.754. The minimum atomic E-state index is 0.0387. The standard InChI is InChI=1S/C14H13NO2/c1-11(16)13-5-2-6-14(8-13)17-10-12-4-3-7-15-9-12/h2-9H,10H2,1H3. The molecule has 0 saturated heterocycles. The highest BCUT2D eigenvalue weighted by Gasteiger charge is 2.01. The van der Waals surface area contributed by atoms with Gasteiger partial charge in [0, 0.05) is 23.5 Å². The second-order valence-corrected chi connectivity index (χ2v) is 3.73. The lowest BCUT2D eigenvalue weighted by molar-refractivity contribution is 0.101. The Kier molecular flexibility index (Phi) is 3.50. The molecule has 0 saturated carbocycles. The van der Waals surface area contributed by atoms with Crippen LogP contribution in [0.4, 0.5) is 0 Å². The Morgan fingerprint density at radius 1 is 1.29 bits per heavy atom.